The summed E-state index contributed by atoms with van der Waals surface area (Å²) in [7, 11) is 0. The zero-order valence-electron chi connectivity index (χ0n) is 7.92. The smallest absolute Gasteiger partial charge is 0.000285 e. The maximum Gasteiger partial charge on any atom is -0.000285 e. The number of allylic oxidation sites excluding steroid dienone is 4. The molecule has 1 heteroatoms. The van der Waals surface area contributed by atoms with Crippen LogP contribution in [-0.2, 0) is 0 Å². The van der Waals surface area contributed by atoms with Crippen LogP contribution in [0.15, 0.2) is 35.8 Å². The minimum absolute atomic E-state index is 1.09. The van der Waals surface area contributed by atoms with E-state index in [9.17, 15) is 0 Å². The third kappa shape index (κ3) is 12.7. The summed E-state index contributed by atoms with van der Waals surface area (Å²) in [6.07, 6.45) is 9.97. The van der Waals surface area contributed by atoms with Crippen molar-refractivity contribution in [1.29, 1.82) is 0 Å². The maximum absolute atomic E-state index is 3.79. The molecule has 0 N–H and O–H groups in total. The van der Waals surface area contributed by atoms with Crippen LogP contribution in [0.5, 0.6) is 0 Å². The van der Waals surface area contributed by atoms with Gasteiger partial charge in [-0.3, -0.25) is 0 Å². The molecule has 64 valence electrons. The summed E-state index contributed by atoms with van der Waals surface area (Å²) in [5.41, 5.74) is 0. The van der Waals surface area contributed by atoms with Crippen LogP contribution in [0.4, 0.5) is 0 Å². The second-order valence-electron chi connectivity index (χ2n) is 1.56. The Bertz CT molecular complexity index is 132. The first-order valence-electron chi connectivity index (χ1n) is 3.83. The highest BCUT2D eigenvalue weighted by Gasteiger charge is 1.76. The molecule has 0 atom stereocenters. The molecule has 0 nitrogen and oxygen atoms in total. The largest absolute Gasteiger partial charge is 0.130 e. The molecule has 0 aromatic heterocycles. The van der Waals surface area contributed by atoms with E-state index in [4.69, 9.17) is 0 Å². The van der Waals surface area contributed by atoms with Gasteiger partial charge >= 0.3 is 0 Å². The van der Waals surface area contributed by atoms with Gasteiger partial charge in [-0.05, 0) is 24.2 Å². The quantitative estimate of drug-likeness (QED) is 0.576. The first-order valence-corrected chi connectivity index (χ1v) is 5.06. The summed E-state index contributed by atoms with van der Waals surface area (Å²) in [5, 5.41) is 0. The number of hydrogen-bond acceptors (Lipinski definition) is 1. The molecule has 0 rings (SSSR count). The average molecular weight is 170 g/mol. The Morgan fingerprint density at radius 1 is 1.27 bits per heavy atom. The normalized spacial score (nSPS) is 9.82. The van der Waals surface area contributed by atoms with Crippen LogP contribution >= 0.6 is 11.8 Å². The van der Waals surface area contributed by atoms with Crippen molar-refractivity contribution < 1.29 is 0 Å². The molecular formula is C10H18S. The Morgan fingerprint density at radius 3 is 2.18 bits per heavy atom. The fourth-order valence-corrected chi connectivity index (χ4v) is 0.557. The van der Waals surface area contributed by atoms with Gasteiger partial charge in [0.2, 0.25) is 0 Å². The van der Waals surface area contributed by atoms with E-state index in [1.54, 1.807) is 11.8 Å². The Hall–Kier alpha value is -0.430. The predicted octanol–water partition coefficient (Wildman–Crippen LogP) is 4.02. The second kappa shape index (κ2) is 12.3. The van der Waals surface area contributed by atoms with Crippen LogP contribution in [-0.4, -0.2) is 6.26 Å². The summed E-state index contributed by atoms with van der Waals surface area (Å²) < 4.78 is 0. The molecule has 0 heterocycles. The van der Waals surface area contributed by atoms with E-state index in [-0.39, 0.29) is 0 Å². The molecule has 0 bridgehead atoms. The molecule has 0 spiro atoms. The zero-order valence-corrected chi connectivity index (χ0v) is 8.74. The highest BCUT2D eigenvalue weighted by molar-refractivity contribution is 8.02. The molecule has 0 aliphatic carbocycles. The molecule has 0 saturated carbocycles. The molecule has 11 heavy (non-hydrogen) atoms. The molecule has 0 unspecified atom stereocenters. The van der Waals surface area contributed by atoms with Crippen LogP contribution in [0.3, 0.4) is 0 Å². The summed E-state index contributed by atoms with van der Waals surface area (Å²) in [4.78, 5) is 1.09. The molecular weight excluding hydrogens is 152 g/mol. The van der Waals surface area contributed by atoms with Crippen LogP contribution in [0.1, 0.15) is 20.8 Å². The van der Waals surface area contributed by atoms with Gasteiger partial charge in [-0.1, -0.05) is 38.7 Å². The monoisotopic (exact) mass is 170 g/mol. The van der Waals surface area contributed by atoms with Gasteiger partial charge in [0.1, 0.15) is 0 Å². The first-order chi connectivity index (χ1) is 5.31. The predicted molar refractivity (Wildman–Crippen MR) is 58.0 cm³/mol. The van der Waals surface area contributed by atoms with Gasteiger partial charge in [0.25, 0.3) is 0 Å². The highest BCUT2D eigenvalue weighted by Crippen LogP contribution is 2.08. The van der Waals surface area contributed by atoms with E-state index in [1.807, 2.05) is 51.3 Å². The Labute approximate surface area is 75.1 Å². The molecule has 0 fully saturated rings. The molecule has 0 aromatic rings. The Morgan fingerprint density at radius 2 is 1.82 bits per heavy atom. The van der Waals surface area contributed by atoms with Crippen molar-refractivity contribution in [3.05, 3.63) is 35.8 Å². The van der Waals surface area contributed by atoms with Crippen molar-refractivity contribution in [2.75, 3.05) is 6.26 Å². The van der Waals surface area contributed by atoms with Crippen molar-refractivity contribution in [2.24, 2.45) is 0 Å². The van der Waals surface area contributed by atoms with Gasteiger partial charge in [-0.2, -0.15) is 0 Å². The first kappa shape index (κ1) is 13.2. The molecule has 0 aromatic carbocycles. The fraction of sp³-hybridized carbons (Fsp3) is 0.400. The van der Waals surface area contributed by atoms with Crippen molar-refractivity contribution in [3.63, 3.8) is 0 Å². The van der Waals surface area contributed by atoms with Crippen molar-refractivity contribution in [3.8, 4) is 0 Å². The number of rotatable bonds is 3. The van der Waals surface area contributed by atoms with E-state index < -0.39 is 0 Å². The zero-order chi connectivity index (χ0) is 9.11. The van der Waals surface area contributed by atoms with Gasteiger partial charge in [0.05, 0.1) is 0 Å². The minimum Gasteiger partial charge on any atom is -0.130 e. The molecule has 0 aliphatic rings. The SMILES string of the molecule is C=C(/C=C\C=C/C)SC.CC. The van der Waals surface area contributed by atoms with E-state index in [2.05, 4.69) is 6.58 Å². The lowest BCUT2D eigenvalue weighted by Crippen LogP contribution is -1.59. The molecule has 0 amide bonds. The molecule has 0 radical (unpaired) electrons. The second-order valence-corrected chi connectivity index (χ2v) is 2.49. The van der Waals surface area contributed by atoms with Crippen molar-refractivity contribution >= 4 is 11.8 Å². The van der Waals surface area contributed by atoms with Gasteiger partial charge in [-0.15, -0.1) is 11.8 Å². The average Bonchev–Trinajstić information content (AvgIpc) is 2.08. The van der Waals surface area contributed by atoms with Gasteiger partial charge in [0.15, 0.2) is 0 Å². The number of hydrogen-bond donors (Lipinski definition) is 0. The van der Waals surface area contributed by atoms with Crippen LogP contribution < -0.4 is 0 Å². The van der Waals surface area contributed by atoms with Crippen LogP contribution in [0.2, 0.25) is 0 Å². The van der Waals surface area contributed by atoms with Gasteiger partial charge in [0, 0.05) is 0 Å². The Kier molecular flexibility index (Phi) is 14.7. The lowest BCUT2D eigenvalue weighted by atomic mass is 10.4. The molecule has 0 saturated heterocycles. The summed E-state index contributed by atoms with van der Waals surface area (Å²) in [6.45, 7) is 9.78. The summed E-state index contributed by atoms with van der Waals surface area (Å²) >= 11 is 1.66. The summed E-state index contributed by atoms with van der Waals surface area (Å²) in [6, 6.07) is 0. The fourth-order valence-electron chi connectivity index (χ4n) is 0.342. The topological polar surface area (TPSA) is 0 Å². The lowest BCUT2D eigenvalue weighted by Gasteiger charge is -1.86. The van der Waals surface area contributed by atoms with Gasteiger partial charge < -0.3 is 0 Å². The van der Waals surface area contributed by atoms with Crippen LogP contribution in [0, 0.1) is 0 Å². The van der Waals surface area contributed by atoms with E-state index >= 15 is 0 Å². The van der Waals surface area contributed by atoms with E-state index in [0.717, 1.165) is 4.91 Å². The van der Waals surface area contributed by atoms with E-state index in [0.29, 0.717) is 0 Å². The standard InChI is InChI=1S/C8H12S.C2H6/c1-4-5-6-7-8(2)9-3;1-2/h4-7H,2H2,1,3H3;1-2H3/b5-4-,7-6-;. The Balaban J connectivity index is 0. The summed E-state index contributed by atoms with van der Waals surface area (Å²) in [5.74, 6) is 0. The number of thioether (sulfide) groups is 1. The maximum atomic E-state index is 3.79. The lowest BCUT2D eigenvalue weighted by molar-refractivity contribution is 1.50. The minimum atomic E-state index is 1.09. The van der Waals surface area contributed by atoms with Crippen molar-refractivity contribution in [1.82, 2.24) is 0 Å². The van der Waals surface area contributed by atoms with Crippen molar-refractivity contribution in [2.45, 2.75) is 20.8 Å². The highest BCUT2D eigenvalue weighted by atomic mass is 32.2. The third-order valence-corrected chi connectivity index (χ3v) is 1.51. The van der Waals surface area contributed by atoms with Crippen LogP contribution in [0.25, 0.3) is 0 Å². The third-order valence-electron chi connectivity index (χ3n) is 0.848. The molecule has 0 aliphatic heterocycles. The van der Waals surface area contributed by atoms with E-state index in [1.165, 1.54) is 0 Å². The van der Waals surface area contributed by atoms with Gasteiger partial charge in [-0.25, -0.2) is 0 Å².